The lowest BCUT2D eigenvalue weighted by Crippen LogP contribution is -2.67. The number of hydrogen-bond acceptors (Lipinski definition) is 4. The van der Waals surface area contributed by atoms with Crippen molar-refractivity contribution in [2.24, 2.45) is 5.41 Å². The number of halogens is 3. The first-order valence-electron chi connectivity index (χ1n) is 6.21. The lowest BCUT2D eigenvalue weighted by molar-refractivity contribution is -0.161. The molecule has 0 aliphatic carbocycles. The standard InChI is InChI=1S/C12H20F3NO2S/c1-4-18-9(17)11(16-7-12(13,14)15)8-19-6-5-10(11,2)3/h16H,4-8H2,1-3H3. The minimum absolute atomic E-state index is 0.162. The van der Waals surface area contributed by atoms with E-state index in [1.54, 1.807) is 6.92 Å². The molecule has 0 aromatic heterocycles. The Kier molecular flexibility index (Phi) is 5.17. The fraction of sp³-hybridized carbons (Fsp3) is 0.917. The highest BCUT2D eigenvalue weighted by Crippen LogP contribution is 2.43. The van der Waals surface area contributed by atoms with E-state index in [2.05, 4.69) is 5.32 Å². The van der Waals surface area contributed by atoms with Crippen LogP contribution in [0.25, 0.3) is 0 Å². The van der Waals surface area contributed by atoms with Crippen molar-refractivity contribution in [2.75, 3.05) is 24.7 Å². The summed E-state index contributed by atoms with van der Waals surface area (Å²) in [4.78, 5) is 12.2. The zero-order chi connectivity index (χ0) is 14.7. The van der Waals surface area contributed by atoms with Gasteiger partial charge in [-0.15, -0.1) is 0 Å². The van der Waals surface area contributed by atoms with Gasteiger partial charge in [-0.3, -0.25) is 5.32 Å². The van der Waals surface area contributed by atoms with Gasteiger partial charge in [0, 0.05) is 5.75 Å². The third kappa shape index (κ3) is 3.78. The van der Waals surface area contributed by atoms with E-state index in [1.807, 2.05) is 13.8 Å². The van der Waals surface area contributed by atoms with Crippen molar-refractivity contribution in [3.63, 3.8) is 0 Å². The van der Waals surface area contributed by atoms with Crippen LogP contribution in [0.5, 0.6) is 0 Å². The minimum atomic E-state index is -4.35. The van der Waals surface area contributed by atoms with Crippen LogP contribution in [0.3, 0.4) is 0 Å². The van der Waals surface area contributed by atoms with Crippen LogP contribution >= 0.6 is 11.8 Å². The molecule has 7 heteroatoms. The maximum atomic E-state index is 12.5. The molecule has 0 bridgehead atoms. The van der Waals surface area contributed by atoms with Gasteiger partial charge < -0.3 is 4.74 Å². The Bertz CT molecular complexity index is 333. The van der Waals surface area contributed by atoms with Gasteiger partial charge in [-0.25, -0.2) is 4.79 Å². The molecular weight excluding hydrogens is 279 g/mol. The third-order valence-corrected chi connectivity index (χ3v) is 4.69. The molecule has 0 spiro atoms. The monoisotopic (exact) mass is 299 g/mol. The van der Waals surface area contributed by atoms with Crippen molar-refractivity contribution in [2.45, 2.75) is 38.9 Å². The Hall–Kier alpha value is -0.430. The summed E-state index contributed by atoms with van der Waals surface area (Å²) in [6.45, 7) is 4.25. The van der Waals surface area contributed by atoms with Crippen LogP contribution in [0, 0.1) is 5.41 Å². The molecule has 112 valence electrons. The van der Waals surface area contributed by atoms with Crippen LogP contribution in [0.15, 0.2) is 0 Å². The molecule has 1 heterocycles. The Morgan fingerprint density at radius 2 is 2.05 bits per heavy atom. The van der Waals surface area contributed by atoms with E-state index < -0.39 is 29.6 Å². The van der Waals surface area contributed by atoms with Gasteiger partial charge in [0.05, 0.1) is 13.2 Å². The summed E-state index contributed by atoms with van der Waals surface area (Å²) < 4.78 is 42.4. The highest BCUT2D eigenvalue weighted by molar-refractivity contribution is 7.99. The first kappa shape index (κ1) is 16.6. The maximum absolute atomic E-state index is 12.5. The molecule has 1 fully saturated rings. The van der Waals surface area contributed by atoms with Crippen molar-refractivity contribution in [3.05, 3.63) is 0 Å². The predicted octanol–water partition coefficient (Wildman–Crippen LogP) is 2.60. The van der Waals surface area contributed by atoms with Crippen LogP contribution in [-0.4, -0.2) is 42.3 Å². The molecule has 1 saturated heterocycles. The van der Waals surface area contributed by atoms with Crippen LogP contribution in [0.2, 0.25) is 0 Å². The normalized spacial score (nSPS) is 27.1. The largest absolute Gasteiger partial charge is 0.465 e. The summed E-state index contributed by atoms with van der Waals surface area (Å²) in [6.07, 6.45) is -3.68. The second-order valence-corrected chi connectivity index (χ2v) is 6.39. The van der Waals surface area contributed by atoms with Crippen molar-refractivity contribution < 1.29 is 22.7 Å². The average molecular weight is 299 g/mol. The Balaban J connectivity index is 2.98. The van der Waals surface area contributed by atoms with Crippen molar-refractivity contribution >= 4 is 17.7 Å². The molecule has 1 aliphatic heterocycles. The summed E-state index contributed by atoms with van der Waals surface area (Å²) in [5, 5.41) is 2.43. The summed E-state index contributed by atoms with van der Waals surface area (Å²) in [6, 6.07) is 0. The number of nitrogens with one attached hydrogen (secondary N) is 1. The van der Waals surface area contributed by atoms with Gasteiger partial charge in [-0.1, -0.05) is 13.8 Å². The molecule has 0 radical (unpaired) electrons. The highest BCUT2D eigenvalue weighted by Gasteiger charge is 2.54. The first-order chi connectivity index (χ1) is 8.65. The number of ether oxygens (including phenoxy) is 1. The maximum Gasteiger partial charge on any atom is 0.401 e. The highest BCUT2D eigenvalue weighted by atomic mass is 32.2. The average Bonchev–Trinajstić information content (AvgIpc) is 2.26. The summed E-state index contributed by atoms with van der Waals surface area (Å²) in [5.41, 5.74) is -1.85. The minimum Gasteiger partial charge on any atom is -0.465 e. The first-order valence-corrected chi connectivity index (χ1v) is 7.37. The molecule has 1 atom stereocenters. The smallest absolute Gasteiger partial charge is 0.401 e. The van der Waals surface area contributed by atoms with Gasteiger partial charge in [0.15, 0.2) is 0 Å². The fourth-order valence-corrected chi connectivity index (χ4v) is 3.88. The van der Waals surface area contributed by atoms with Gasteiger partial charge in [-0.05, 0) is 24.5 Å². The van der Waals surface area contributed by atoms with Crippen LogP contribution in [-0.2, 0) is 9.53 Å². The molecule has 0 saturated carbocycles. The summed E-state index contributed by atoms with van der Waals surface area (Å²) in [5.74, 6) is 0.549. The summed E-state index contributed by atoms with van der Waals surface area (Å²) >= 11 is 1.48. The molecule has 0 aromatic carbocycles. The van der Waals surface area contributed by atoms with E-state index in [9.17, 15) is 18.0 Å². The lowest BCUT2D eigenvalue weighted by Gasteiger charge is -2.48. The van der Waals surface area contributed by atoms with Crippen LogP contribution < -0.4 is 5.32 Å². The van der Waals surface area contributed by atoms with Gasteiger partial charge in [-0.2, -0.15) is 24.9 Å². The van der Waals surface area contributed by atoms with Crippen molar-refractivity contribution in [1.82, 2.24) is 5.32 Å². The fourth-order valence-electron chi connectivity index (χ4n) is 2.16. The van der Waals surface area contributed by atoms with E-state index in [1.165, 1.54) is 11.8 Å². The molecule has 3 nitrogen and oxygen atoms in total. The van der Waals surface area contributed by atoms with Crippen molar-refractivity contribution in [1.29, 1.82) is 0 Å². The molecule has 1 N–H and O–H groups in total. The number of thioether (sulfide) groups is 1. The lowest BCUT2D eigenvalue weighted by atomic mass is 9.70. The predicted molar refractivity (Wildman–Crippen MR) is 69.1 cm³/mol. The number of alkyl halides is 3. The van der Waals surface area contributed by atoms with Gasteiger partial charge >= 0.3 is 12.1 Å². The zero-order valence-electron chi connectivity index (χ0n) is 11.4. The van der Waals surface area contributed by atoms with E-state index in [0.717, 1.165) is 5.75 Å². The van der Waals surface area contributed by atoms with E-state index in [0.29, 0.717) is 12.2 Å². The second-order valence-electron chi connectivity index (χ2n) is 5.28. The topological polar surface area (TPSA) is 38.3 Å². The Morgan fingerprint density at radius 1 is 1.42 bits per heavy atom. The third-order valence-electron chi connectivity index (χ3n) is 3.56. The number of esters is 1. The van der Waals surface area contributed by atoms with Gasteiger partial charge in [0.2, 0.25) is 0 Å². The number of hydrogen-bond donors (Lipinski definition) is 1. The second kappa shape index (κ2) is 5.91. The van der Waals surface area contributed by atoms with Crippen LogP contribution in [0.1, 0.15) is 27.2 Å². The number of carbonyl (C=O) groups is 1. The summed E-state index contributed by atoms with van der Waals surface area (Å²) in [7, 11) is 0. The van der Waals surface area contributed by atoms with Crippen molar-refractivity contribution in [3.8, 4) is 0 Å². The molecule has 1 rings (SSSR count). The molecular formula is C12H20F3NO2S. The quantitative estimate of drug-likeness (QED) is 0.810. The Labute approximate surface area is 115 Å². The van der Waals surface area contributed by atoms with Gasteiger partial charge in [0.1, 0.15) is 5.54 Å². The Morgan fingerprint density at radius 3 is 2.53 bits per heavy atom. The van der Waals surface area contributed by atoms with E-state index in [4.69, 9.17) is 4.74 Å². The molecule has 0 amide bonds. The SMILES string of the molecule is CCOC(=O)C1(NCC(F)(F)F)CSCCC1(C)C. The van der Waals surface area contributed by atoms with Crippen LogP contribution in [0.4, 0.5) is 13.2 Å². The number of carbonyl (C=O) groups excluding carboxylic acids is 1. The molecule has 1 unspecified atom stereocenters. The van der Waals surface area contributed by atoms with E-state index in [-0.39, 0.29) is 6.61 Å². The zero-order valence-corrected chi connectivity index (χ0v) is 12.2. The molecule has 0 aromatic rings. The number of rotatable bonds is 4. The van der Waals surface area contributed by atoms with Gasteiger partial charge in [0.25, 0.3) is 0 Å². The van der Waals surface area contributed by atoms with E-state index >= 15 is 0 Å². The molecule has 1 aliphatic rings. The molecule has 19 heavy (non-hydrogen) atoms.